The second-order valence-electron chi connectivity index (χ2n) is 6.75. The number of nitrogens with zero attached hydrogens (tertiary/aromatic N) is 2. The van der Waals surface area contributed by atoms with Gasteiger partial charge in [0, 0.05) is 23.6 Å². The smallest absolute Gasteiger partial charge is 0.255 e. The molecule has 3 N–H and O–H groups in total. The lowest BCUT2D eigenvalue weighted by molar-refractivity contribution is 0.102. The van der Waals surface area contributed by atoms with Crippen LogP contribution in [0.2, 0.25) is 0 Å². The van der Waals surface area contributed by atoms with Crippen LogP contribution in [-0.2, 0) is 0 Å². The van der Waals surface area contributed by atoms with Crippen LogP contribution in [0.3, 0.4) is 0 Å². The molecule has 0 fully saturated rings. The first-order valence-electron chi connectivity index (χ1n) is 9.33. The average Bonchev–Trinajstić information content (AvgIpc) is 3.48. The van der Waals surface area contributed by atoms with Crippen LogP contribution >= 0.6 is 0 Å². The number of fused-ring (bicyclic) bond motifs is 1. The summed E-state index contributed by atoms with van der Waals surface area (Å²) >= 11 is 0. The van der Waals surface area contributed by atoms with Crippen molar-refractivity contribution in [3.63, 3.8) is 0 Å². The van der Waals surface area contributed by atoms with Gasteiger partial charge in [-0.05, 0) is 66.7 Å². The third-order valence-corrected chi connectivity index (χ3v) is 4.73. The number of carbonyl (C=O) groups excluding carboxylic acids is 1. The van der Waals surface area contributed by atoms with E-state index in [-0.39, 0.29) is 11.7 Å². The quantitative estimate of drug-likeness (QED) is 0.398. The Hall–Kier alpha value is -4.26. The SMILES string of the molecule is O=C(Nc1ccc(F)cc1)c1ccc2nc(-c3ccc[nH]3)c(-c3ccc[nH]3)nc2c1. The highest BCUT2D eigenvalue weighted by Gasteiger charge is 2.16. The number of halogens is 1. The van der Waals surface area contributed by atoms with Crippen LogP contribution in [0.5, 0.6) is 0 Å². The number of rotatable bonds is 4. The predicted molar refractivity (Wildman–Crippen MR) is 113 cm³/mol. The molecular formula is C23H16FN5O. The van der Waals surface area contributed by atoms with Crippen LogP contribution in [0.4, 0.5) is 10.1 Å². The summed E-state index contributed by atoms with van der Waals surface area (Å²) in [7, 11) is 0. The Morgan fingerprint density at radius 3 is 2.03 bits per heavy atom. The summed E-state index contributed by atoms with van der Waals surface area (Å²) in [4.78, 5) is 28.6. The zero-order chi connectivity index (χ0) is 20.5. The first-order valence-corrected chi connectivity index (χ1v) is 9.33. The standard InChI is InChI=1S/C23H16FN5O/c24-15-6-8-16(9-7-15)27-23(30)14-5-10-17-20(13-14)29-22(19-4-2-12-26-19)21(28-17)18-3-1-11-25-18/h1-13,25-26H,(H,27,30). The van der Waals surface area contributed by atoms with E-state index in [2.05, 4.69) is 15.3 Å². The molecule has 0 spiro atoms. The monoisotopic (exact) mass is 397 g/mol. The van der Waals surface area contributed by atoms with Gasteiger partial charge in [0.2, 0.25) is 0 Å². The van der Waals surface area contributed by atoms with E-state index < -0.39 is 0 Å². The highest BCUT2D eigenvalue weighted by Crippen LogP contribution is 2.29. The molecule has 1 amide bonds. The van der Waals surface area contributed by atoms with Crippen molar-refractivity contribution in [2.45, 2.75) is 0 Å². The molecule has 30 heavy (non-hydrogen) atoms. The fourth-order valence-corrected chi connectivity index (χ4v) is 3.26. The Morgan fingerprint density at radius 1 is 0.800 bits per heavy atom. The predicted octanol–water partition coefficient (Wildman–Crippen LogP) is 5.01. The molecule has 0 unspecified atom stereocenters. The van der Waals surface area contributed by atoms with Crippen LogP contribution in [0, 0.1) is 5.82 Å². The van der Waals surface area contributed by atoms with Crippen LogP contribution in [0.25, 0.3) is 33.8 Å². The lowest BCUT2D eigenvalue weighted by atomic mass is 10.1. The number of nitrogens with one attached hydrogen (secondary N) is 3. The number of benzene rings is 2. The van der Waals surface area contributed by atoms with E-state index >= 15 is 0 Å². The minimum Gasteiger partial charge on any atom is -0.360 e. The van der Waals surface area contributed by atoms with E-state index in [1.807, 2.05) is 36.7 Å². The molecule has 0 aliphatic rings. The van der Waals surface area contributed by atoms with E-state index in [9.17, 15) is 9.18 Å². The van der Waals surface area contributed by atoms with E-state index in [0.717, 1.165) is 17.1 Å². The van der Waals surface area contributed by atoms with Gasteiger partial charge in [-0.2, -0.15) is 0 Å². The molecule has 0 aliphatic carbocycles. The molecule has 0 saturated carbocycles. The number of aromatic amines is 2. The van der Waals surface area contributed by atoms with Crippen LogP contribution in [-0.4, -0.2) is 25.8 Å². The van der Waals surface area contributed by atoms with Crippen molar-refractivity contribution in [3.8, 4) is 22.8 Å². The van der Waals surface area contributed by atoms with E-state index in [1.54, 1.807) is 18.2 Å². The number of hydrogen-bond acceptors (Lipinski definition) is 3. The number of anilines is 1. The van der Waals surface area contributed by atoms with Crippen molar-refractivity contribution in [2.24, 2.45) is 0 Å². The van der Waals surface area contributed by atoms with Crippen LogP contribution in [0.1, 0.15) is 10.4 Å². The first-order chi connectivity index (χ1) is 14.7. The lowest BCUT2D eigenvalue weighted by Gasteiger charge is -2.10. The maximum Gasteiger partial charge on any atom is 0.255 e. The number of carbonyl (C=O) groups is 1. The molecule has 146 valence electrons. The summed E-state index contributed by atoms with van der Waals surface area (Å²) in [6, 6.07) is 18.5. The van der Waals surface area contributed by atoms with Gasteiger partial charge >= 0.3 is 0 Å². The third-order valence-electron chi connectivity index (χ3n) is 4.73. The normalized spacial score (nSPS) is 11.0. The first kappa shape index (κ1) is 17.8. The second kappa shape index (κ2) is 7.29. The molecule has 0 saturated heterocycles. The highest BCUT2D eigenvalue weighted by atomic mass is 19.1. The fraction of sp³-hybridized carbons (Fsp3) is 0. The average molecular weight is 397 g/mol. The van der Waals surface area contributed by atoms with Crippen molar-refractivity contribution < 1.29 is 9.18 Å². The van der Waals surface area contributed by atoms with Gasteiger partial charge < -0.3 is 15.3 Å². The molecule has 3 heterocycles. The Kier molecular flexibility index (Phi) is 4.33. The number of hydrogen-bond donors (Lipinski definition) is 3. The summed E-state index contributed by atoms with van der Waals surface area (Å²) in [5.74, 6) is -0.663. The zero-order valence-electron chi connectivity index (χ0n) is 15.7. The van der Waals surface area contributed by atoms with Crippen molar-refractivity contribution in [3.05, 3.63) is 90.5 Å². The van der Waals surface area contributed by atoms with Crippen molar-refractivity contribution in [2.75, 3.05) is 5.32 Å². The molecule has 0 radical (unpaired) electrons. The summed E-state index contributed by atoms with van der Waals surface area (Å²) in [5.41, 5.74) is 5.31. The van der Waals surface area contributed by atoms with Gasteiger partial charge in [0.1, 0.15) is 17.2 Å². The van der Waals surface area contributed by atoms with Crippen molar-refractivity contribution in [1.82, 2.24) is 19.9 Å². The molecule has 0 bridgehead atoms. The Labute approximate surface area is 170 Å². The van der Waals surface area contributed by atoms with E-state index in [1.165, 1.54) is 24.3 Å². The highest BCUT2D eigenvalue weighted by molar-refractivity contribution is 6.06. The van der Waals surface area contributed by atoms with Gasteiger partial charge in [0.05, 0.1) is 22.4 Å². The van der Waals surface area contributed by atoms with Gasteiger partial charge in [0.15, 0.2) is 0 Å². The lowest BCUT2D eigenvalue weighted by Crippen LogP contribution is -2.12. The van der Waals surface area contributed by atoms with E-state index in [4.69, 9.17) is 9.97 Å². The van der Waals surface area contributed by atoms with Gasteiger partial charge in [0.25, 0.3) is 5.91 Å². The minimum absolute atomic E-state index is 0.305. The van der Waals surface area contributed by atoms with Gasteiger partial charge in [-0.3, -0.25) is 4.79 Å². The minimum atomic E-state index is -0.358. The van der Waals surface area contributed by atoms with Gasteiger partial charge in [-0.25, -0.2) is 14.4 Å². The number of amides is 1. The topological polar surface area (TPSA) is 86.5 Å². The molecule has 2 aromatic carbocycles. The van der Waals surface area contributed by atoms with Crippen LogP contribution in [0.15, 0.2) is 79.1 Å². The fourth-order valence-electron chi connectivity index (χ4n) is 3.26. The Bertz CT molecular complexity index is 1330. The maximum atomic E-state index is 13.1. The zero-order valence-corrected chi connectivity index (χ0v) is 15.7. The van der Waals surface area contributed by atoms with Gasteiger partial charge in [-0.1, -0.05) is 0 Å². The molecule has 0 atom stereocenters. The number of aromatic nitrogens is 4. The molecule has 5 aromatic rings. The summed E-state index contributed by atoms with van der Waals surface area (Å²) in [6.45, 7) is 0. The van der Waals surface area contributed by atoms with Gasteiger partial charge in [-0.15, -0.1) is 0 Å². The summed E-state index contributed by atoms with van der Waals surface area (Å²) < 4.78 is 13.1. The van der Waals surface area contributed by atoms with Crippen LogP contribution < -0.4 is 5.32 Å². The van der Waals surface area contributed by atoms with Crippen molar-refractivity contribution >= 4 is 22.6 Å². The molecule has 5 rings (SSSR count). The third kappa shape index (κ3) is 3.33. The molecular weight excluding hydrogens is 381 g/mol. The van der Waals surface area contributed by atoms with E-state index in [0.29, 0.717) is 28.0 Å². The Balaban J connectivity index is 1.56. The Morgan fingerprint density at radius 2 is 1.43 bits per heavy atom. The summed E-state index contributed by atoms with van der Waals surface area (Å²) in [5, 5.41) is 2.76. The molecule has 0 aliphatic heterocycles. The largest absolute Gasteiger partial charge is 0.360 e. The van der Waals surface area contributed by atoms with Crippen molar-refractivity contribution in [1.29, 1.82) is 0 Å². The number of H-pyrrole nitrogens is 2. The maximum absolute atomic E-state index is 13.1. The second-order valence-corrected chi connectivity index (χ2v) is 6.75. The summed E-state index contributed by atoms with van der Waals surface area (Å²) in [6.07, 6.45) is 3.66. The molecule has 3 aromatic heterocycles. The molecule has 7 heteroatoms. The molecule has 6 nitrogen and oxygen atoms in total.